The number of carboxylic acid groups (broad SMARTS) is 1. The van der Waals surface area contributed by atoms with Crippen LogP contribution in [-0.4, -0.2) is 53.0 Å². The minimum absolute atomic E-state index is 0.319. The first-order valence-electron chi connectivity index (χ1n) is 9.44. The van der Waals surface area contributed by atoms with E-state index in [4.69, 9.17) is 5.11 Å². The maximum Gasteiger partial charge on any atom is 0.335 e. The van der Waals surface area contributed by atoms with Crippen molar-refractivity contribution in [3.05, 3.63) is 35.4 Å². The lowest BCUT2D eigenvalue weighted by molar-refractivity contribution is -0.134. The Balaban J connectivity index is 1.46. The molecule has 2 fully saturated rings. The summed E-state index contributed by atoms with van der Waals surface area (Å²) in [5, 5.41) is 9.09. The lowest BCUT2D eigenvalue weighted by Gasteiger charge is -2.35. The lowest BCUT2D eigenvalue weighted by atomic mass is 9.86. The highest BCUT2D eigenvalue weighted by Crippen LogP contribution is 2.27. The molecule has 0 radical (unpaired) electrons. The van der Waals surface area contributed by atoms with Crippen LogP contribution in [-0.2, 0) is 11.3 Å². The van der Waals surface area contributed by atoms with Gasteiger partial charge in [0.05, 0.1) is 5.56 Å². The topological polar surface area (TPSA) is 60.9 Å². The van der Waals surface area contributed by atoms with Crippen molar-refractivity contribution in [1.82, 2.24) is 9.80 Å². The third-order valence-electron chi connectivity index (χ3n) is 5.49. The van der Waals surface area contributed by atoms with Gasteiger partial charge in [-0.25, -0.2) is 4.79 Å². The van der Waals surface area contributed by atoms with E-state index in [0.29, 0.717) is 17.4 Å². The SMILES string of the molecule is O=C(O)c1cccc(CN2CCN(C(=O)CC3CCCCC3)CC2)c1. The van der Waals surface area contributed by atoms with Crippen LogP contribution in [0, 0.1) is 5.92 Å². The Morgan fingerprint density at radius 3 is 2.44 bits per heavy atom. The highest BCUT2D eigenvalue weighted by Gasteiger charge is 2.24. The van der Waals surface area contributed by atoms with E-state index < -0.39 is 5.97 Å². The summed E-state index contributed by atoms with van der Waals surface area (Å²) in [5.41, 5.74) is 1.35. The fourth-order valence-corrected chi connectivity index (χ4v) is 3.98. The van der Waals surface area contributed by atoms with Gasteiger partial charge in [-0.2, -0.15) is 0 Å². The number of nitrogens with zero attached hydrogens (tertiary/aromatic N) is 2. The predicted molar refractivity (Wildman–Crippen MR) is 96.5 cm³/mol. The van der Waals surface area contributed by atoms with Gasteiger partial charge in [0.2, 0.25) is 5.91 Å². The van der Waals surface area contributed by atoms with E-state index in [1.807, 2.05) is 11.0 Å². The first-order valence-corrected chi connectivity index (χ1v) is 9.44. The van der Waals surface area contributed by atoms with Crippen LogP contribution in [0.3, 0.4) is 0 Å². The summed E-state index contributed by atoms with van der Waals surface area (Å²) in [6.07, 6.45) is 7.03. The smallest absolute Gasteiger partial charge is 0.335 e. The van der Waals surface area contributed by atoms with Crippen molar-refractivity contribution in [3.8, 4) is 0 Å². The average Bonchev–Trinajstić information content (AvgIpc) is 2.63. The summed E-state index contributed by atoms with van der Waals surface area (Å²) in [7, 11) is 0. The highest BCUT2D eigenvalue weighted by molar-refractivity contribution is 5.87. The van der Waals surface area contributed by atoms with Crippen LogP contribution in [0.15, 0.2) is 24.3 Å². The number of rotatable bonds is 5. The van der Waals surface area contributed by atoms with Crippen LogP contribution in [0.1, 0.15) is 54.4 Å². The molecule has 1 aliphatic heterocycles. The molecule has 1 N–H and O–H groups in total. The number of carbonyl (C=O) groups excluding carboxylic acids is 1. The van der Waals surface area contributed by atoms with E-state index in [1.54, 1.807) is 18.2 Å². The zero-order valence-corrected chi connectivity index (χ0v) is 14.8. The molecule has 1 heterocycles. The second-order valence-corrected chi connectivity index (χ2v) is 7.37. The molecule has 1 aromatic rings. The fourth-order valence-electron chi connectivity index (χ4n) is 3.98. The van der Waals surface area contributed by atoms with Crippen LogP contribution >= 0.6 is 0 Å². The number of amides is 1. The lowest BCUT2D eigenvalue weighted by Crippen LogP contribution is -2.48. The molecule has 1 saturated carbocycles. The largest absolute Gasteiger partial charge is 0.478 e. The molecule has 0 aromatic heterocycles. The Kier molecular flexibility index (Phi) is 6.08. The van der Waals surface area contributed by atoms with Crippen LogP contribution in [0.4, 0.5) is 0 Å². The standard InChI is InChI=1S/C20H28N2O3/c23-19(14-16-5-2-1-3-6-16)22-11-9-21(10-12-22)15-17-7-4-8-18(13-17)20(24)25/h4,7-8,13,16H,1-3,5-6,9-12,14-15H2,(H,24,25). The Morgan fingerprint density at radius 1 is 1.04 bits per heavy atom. The minimum Gasteiger partial charge on any atom is -0.478 e. The van der Waals surface area contributed by atoms with Gasteiger partial charge in [0, 0.05) is 39.1 Å². The zero-order chi connectivity index (χ0) is 17.6. The number of piperazine rings is 1. The Bertz CT molecular complexity index is 603. The van der Waals surface area contributed by atoms with Gasteiger partial charge in [-0.05, 0) is 36.5 Å². The van der Waals surface area contributed by atoms with Crippen molar-refractivity contribution in [2.45, 2.75) is 45.1 Å². The molecule has 2 aliphatic rings. The number of carbonyl (C=O) groups is 2. The van der Waals surface area contributed by atoms with Gasteiger partial charge in [-0.15, -0.1) is 0 Å². The van der Waals surface area contributed by atoms with Gasteiger partial charge >= 0.3 is 5.97 Å². The van der Waals surface area contributed by atoms with Crippen LogP contribution in [0.2, 0.25) is 0 Å². The molecule has 0 unspecified atom stereocenters. The Morgan fingerprint density at radius 2 is 1.76 bits per heavy atom. The summed E-state index contributed by atoms with van der Waals surface area (Å²) in [6.45, 7) is 4.02. The molecule has 1 saturated heterocycles. The molecule has 1 aliphatic carbocycles. The number of hydrogen-bond donors (Lipinski definition) is 1. The monoisotopic (exact) mass is 344 g/mol. The first-order chi connectivity index (χ1) is 12.1. The van der Waals surface area contributed by atoms with Crippen molar-refractivity contribution in [1.29, 1.82) is 0 Å². The van der Waals surface area contributed by atoms with Crippen LogP contribution in [0.5, 0.6) is 0 Å². The van der Waals surface area contributed by atoms with E-state index >= 15 is 0 Å². The number of aromatic carboxylic acids is 1. The molecule has 1 amide bonds. The molecule has 25 heavy (non-hydrogen) atoms. The zero-order valence-electron chi connectivity index (χ0n) is 14.8. The van der Waals surface area contributed by atoms with E-state index in [0.717, 1.165) is 44.7 Å². The number of carboxylic acids is 1. The van der Waals surface area contributed by atoms with Gasteiger partial charge in [-0.1, -0.05) is 31.4 Å². The van der Waals surface area contributed by atoms with Crippen molar-refractivity contribution in [2.24, 2.45) is 5.92 Å². The first kappa shape index (κ1) is 17.9. The second-order valence-electron chi connectivity index (χ2n) is 7.37. The van der Waals surface area contributed by atoms with E-state index in [-0.39, 0.29) is 0 Å². The van der Waals surface area contributed by atoms with Crippen molar-refractivity contribution < 1.29 is 14.7 Å². The summed E-state index contributed by atoms with van der Waals surface area (Å²) < 4.78 is 0. The predicted octanol–water partition coefficient (Wildman–Crippen LogP) is 3.00. The molecule has 3 rings (SSSR count). The summed E-state index contributed by atoms with van der Waals surface area (Å²) in [4.78, 5) is 27.9. The Hall–Kier alpha value is -1.88. The summed E-state index contributed by atoms with van der Waals surface area (Å²) >= 11 is 0. The van der Waals surface area contributed by atoms with Crippen molar-refractivity contribution in [2.75, 3.05) is 26.2 Å². The maximum absolute atomic E-state index is 12.5. The van der Waals surface area contributed by atoms with E-state index in [2.05, 4.69) is 4.90 Å². The molecule has 0 atom stereocenters. The van der Waals surface area contributed by atoms with Gasteiger partial charge < -0.3 is 10.0 Å². The third-order valence-corrected chi connectivity index (χ3v) is 5.49. The minimum atomic E-state index is -0.889. The quantitative estimate of drug-likeness (QED) is 0.892. The molecule has 1 aromatic carbocycles. The van der Waals surface area contributed by atoms with Crippen molar-refractivity contribution in [3.63, 3.8) is 0 Å². The van der Waals surface area contributed by atoms with Gasteiger partial charge in [-0.3, -0.25) is 9.69 Å². The van der Waals surface area contributed by atoms with E-state index in [9.17, 15) is 9.59 Å². The van der Waals surface area contributed by atoms with Gasteiger partial charge in [0.25, 0.3) is 0 Å². The molecular formula is C20H28N2O3. The average molecular weight is 344 g/mol. The van der Waals surface area contributed by atoms with Gasteiger partial charge in [0.1, 0.15) is 0 Å². The second kappa shape index (κ2) is 8.48. The molecule has 5 nitrogen and oxygen atoms in total. The maximum atomic E-state index is 12.5. The normalized spacial score (nSPS) is 19.8. The Labute approximate surface area is 149 Å². The third kappa shape index (κ3) is 5.05. The highest BCUT2D eigenvalue weighted by atomic mass is 16.4. The number of hydrogen-bond acceptors (Lipinski definition) is 3. The van der Waals surface area contributed by atoms with E-state index in [1.165, 1.54) is 32.1 Å². The molecule has 136 valence electrons. The van der Waals surface area contributed by atoms with Gasteiger partial charge in [0.15, 0.2) is 0 Å². The molecule has 5 heteroatoms. The molecular weight excluding hydrogens is 316 g/mol. The fraction of sp³-hybridized carbons (Fsp3) is 0.600. The number of benzene rings is 1. The van der Waals surface area contributed by atoms with Crippen molar-refractivity contribution >= 4 is 11.9 Å². The summed E-state index contributed by atoms with van der Waals surface area (Å²) in [5.74, 6) is 0.0254. The molecule has 0 bridgehead atoms. The van der Waals surface area contributed by atoms with Crippen LogP contribution in [0.25, 0.3) is 0 Å². The molecule has 0 spiro atoms. The summed E-state index contributed by atoms with van der Waals surface area (Å²) in [6, 6.07) is 7.12. The van der Waals surface area contributed by atoms with Crippen LogP contribution < -0.4 is 0 Å².